The Hall–Kier alpha value is -0.710. The van der Waals surface area contributed by atoms with Gasteiger partial charge in [0.05, 0.1) is 10.9 Å². The van der Waals surface area contributed by atoms with Crippen LogP contribution in [0.5, 0.6) is 0 Å². The number of thioether (sulfide) groups is 1. The zero-order valence-corrected chi connectivity index (χ0v) is 19.8. The summed E-state index contributed by atoms with van der Waals surface area (Å²) in [6, 6.07) is 10.3. The summed E-state index contributed by atoms with van der Waals surface area (Å²) in [5, 5.41) is 3.55. The first-order valence-corrected chi connectivity index (χ1v) is 12.4. The smallest absolute Gasteiger partial charge is 0.235 e. The lowest BCUT2D eigenvalue weighted by Gasteiger charge is -2.30. The van der Waals surface area contributed by atoms with E-state index in [1.54, 1.807) is 0 Å². The SMILES string of the molecule is CCCCCCCCCCCCCCC1(c2ccccc2)NC(C(N)=O)CS1.Cl. The number of carbonyl (C=O) groups excluding carboxylic acids is 1. The lowest BCUT2D eigenvalue weighted by Crippen LogP contribution is -2.46. The van der Waals surface area contributed by atoms with E-state index < -0.39 is 0 Å². The molecule has 29 heavy (non-hydrogen) atoms. The van der Waals surface area contributed by atoms with Crippen LogP contribution >= 0.6 is 24.2 Å². The molecule has 1 fully saturated rings. The molecule has 2 unspecified atom stereocenters. The standard InChI is InChI=1S/C24H40N2OS.ClH/c1-2-3-4-5-6-7-8-9-10-11-12-16-19-24(21-17-14-13-15-18-21)26-22(20-28-24)23(25)27;/h13-15,17-18,22,26H,2-12,16,19-20H2,1H3,(H2,25,27);1H. The zero-order chi connectivity index (χ0) is 20.1. The molecule has 1 aliphatic rings. The second-order valence-electron chi connectivity index (χ2n) is 8.24. The summed E-state index contributed by atoms with van der Waals surface area (Å²) >= 11 is 1.85. The minimum absolute atomic E-state index is 0. The average Bonchev–Trinajstić information content (AvgIpc) is 3.15. The molecule has 1 saturated heterocycles. The van der Waals surface area contributed by atoms with E-state index in [1.807, 2.05) is 17.8 Å². The van der Waals surface area contributed by atoms with Crippen molar-refractivity contribution in [2.75, 3.05) is 5.75 Å². The van der Waals surface area contributed by atoms with Crippen LogP contribution in [-0.4, -0.2) is 17.7 Å². The molecule has 3 nitrogen and oxygen atoms in total. The number of carbonyl (C=O) groups is 1. The average molecular weight is 441 g/mol. The molecule has 0 spiro atoms. The summed E-state index contributed by atoms with van der Waals surface area (Å²) in [4.78, 5) is 11.5. The molecule has 1 amide bonds. The highest BCUT2D eigenvalue weighted by Gasteiger charge is 2.42. The van der Waals surface area contributed by atoms with Gasteiger partial charge in [0.25, 0.3) is 0 Å². The van der Waals surface area contributed by atoms with Crippen LogP contribution in [0.25, 0.3) is 0 Å². The number of amides is 1. The Morgan fingerprint density at radius 3 is 1.97 bits per heavy atom. The number of nitrogens with two attached hydrogens (primary N) is 1. The van der Waals surface area contributed by atoms with E-state index in [9.17, 15) is 4.79 Å². The maximum absolute atomic E-state index is 11.6. The quantitative estimate of drug-likeness (QED) is 0.304. The van der Waals surface area contributed by atoms with Crippen molar-refractivity contribution in [1.29, 1.82) is 0 Å². The number of rotatable bonds is 15. The van der Waals surface area contributed by atoms with Crippen LogP contribution in [0, 0.1) is 0 Å². The van der Waals surface area contributed by atoms with Crippen molar-refractivity contribution in [3.05, 3.63) is 35.9 Å². The van der Waals surface area contributed by atoms with Gasteiger partial charge in [0.2, 0.25) is 5.91 Å². The molecule has 2 rings (SSSR count). The van der Waals surface area contributed by atoms with Crippen LogP contribution in [0.3, 0.4) is 0 Å². The van der Waals surface area contributed by atoms with Crippen molar-refractivity contribution in [2.45, 2.75) is 101 Å². The Morgan fingerprint density at radius 1 is 0.966 bits per heavy atom. The highest BCUT2D eigenvalue weighted by atomic mass is 35.5. The second-order valence-corrected chi connectivity index (χ2v) is 9.56. The molecular weight excluding hydrogens is 400 g/mol. The number of benzene rings is 1. The van der Waals surface area contributed by atoms with Crippen LogP contribution in [0.15, 0.2) is 30.3 Å². The fourth-order valence-electron chi connectivity index (χ4n) is 4.12. The van der Waals surface area contributed by atoms with E-state index in [-0.39, 0.29) is 29.2 Å². The maximum atomic E-state index is 11.6. The molecule has 2 atom stereocenters. The first-order chi connectivity index (χ1) is 13.7. The van der Waals surface area contributed by atoms with Gasteiger partial charge in [0.15, 0.2) is 0 Å². The monoisotopic (exact) mass is 440 g/mol. The summed E-state index contributed by atoms with van der Waals surface area (Å²) in [7, 11) is 0. The molecule has 3 N–H and O–H groups in total. The number of hydrogen-bond acceptors (Lipinski definition) is 3. The lowest BCUT2D eigenvalue weighted by molar-refractivity contribution is -0.119. The lowest BCUT2D eigenvalue weighted by atomic mass is 9.97. The van der Waals surface area contributed by atoms with E-state index in [2.05, 4.69) is 36.5 Å². The fourth-order valence-corrected chi connectivity index (χ4v) is 5.64. The van der Waals surface area contributed by atoms with Crippen molar-refractivity contribution in [3.8, 4) is 0 Å². The number of unbranched alkanes of at least 4 members (excludes halogenated alkanes) is 11. The Bertz CT molecular complexity index is 557. The Balaban J connectivity index is 0.00000420. The maximum Gasteiger partial charge on any atom is 0.235 e. The van der Waals surface area contributed by atoms with Crippen LogP contribution in [0.1, 0.15) is 96.0 Å². The number of nitrogens with one attached hydrogen (secondary N) is 1. The van der Waals surface area contributed by atoms with E-state index in [4.69, 9.17) is 5.73 Å². The third-order valence-corrected chi connectivity index (χ3v) is 7.42. The van der Waals surface area contributed by atoms with Gasteiger partial charge in [-0.05, 0) is 12.0 Å². The molecular formula is C24H41ClN2OS. The molecule has 1 aromatic rings. The number of halogens is 1. The summed E-state index contributed by atoms with van der Waals surface area (Å²) in [6.45, 7) is 2.28. The molecule has 166 valence electrons. The minimum Gasteiger partial charge on any atom is -0.368 e. The van der Waals surface area contributed by atoms with Gasteiger partial charge in [-0.1, -0.05) is 114 Å². The third kappa shape index (κ3) is 9.31. The van der Waals surface area contributed by atoms with Crippen molar-refractivity contribution >= 4 is 30.1 Å². The van der Waals surface area contributed by atoms with Gasteiger partial charge in [0, 0.05) is 5.75 Å². The fraction of sp³-hybridized carbons (Fsp3) is 0.708. The summed E-state index contributed by atoms with van der Waals surface area (Å²) in [6.07, 6.45) is 17.4. The Kier molecular flexibility index (Phi) is 13.7. The first-order valence-electron chi connectivity index (χ1n) is 11.4. The second kappa shape index (κ2) is 15.1. The highest BCUT2D eigenvalue weighted by molar-refractivity contribution is 8.00. The predicted molar refractivity (Wildman–Crippen MR) is 130 cm³/mol. The minimum atomic E-state index is -0.236. The van der Waals surface area contributed by atoms with Gasteiger partial charge in [-0.3, -0.25) is 10.1 Å². The van der Waals surface area contributed by atoms with Crippen LogP contribution in [0.4, 0.5) is 0 Å². The number of primary amides is 1. The van der Waals surface area contributed by atoms with Crippen LogP contribution in [-0.2, 0) is 9.67 Å². The highest BCUT2D eigenvalue weighted by Crippen LogP contribution is 2.43. The summed E-state index contributed by atoms with van der Waals surface area (Å²) in [5.74, 6) is 0.530. The first kappa shape index (κ1) is 26.3. The summed E-state index contributed by atoms with van der Waals surface area (Å²) in [5.41, 5.74) is 6.82. The molecule has 1 aliphatic heterocycles. The van der Waals surface area contributed by atoms with Crippen LogP contribution in [0.2, 0.25) is 0 Å². The summed E-state index contributed by atoms with van der Waals surface area (Å²) < 4.78 is 0. The molecule has 0 aliphatic carbocycles. The molecule has 0 radical (unpaired) electrons. The zero-order valence-electron chi connectivity index (χ0n) is 18.2. The van der Waals surface area contributed by atoms with Crippen molar-refractivity contribution in [1.82, 2.24) is 5.32 Å². The van der Waals surface area contributed by atoms with Crippen molar-refractivity contribution < 1.29 is 4.79 Å². The number of hydrogen-bond donors (Lipinski definition) is 2. The van der Waals surface area contributed by atoms with Crippen molar-refractivity contribution in [3.63, 3.8) is 0 Å². The molecule has 1 aromatic carbocycles. The van der Waals surface area contributed by atoms with Crippen LogP contribution < -0.4 is 11.1 Å². The topological polar surface area (TPSA) is 55.1 Å². The normalized spacial score (nSPS) is 21.1. The molecule has 5 heteroatoms. The Morgan fingerprint density at radius 2 is 1.48 bits per heavy atom. The molecule has 0 saturated carbocycles. The van der Waals surface area contributed by atoms with Gasteiger partial charge >= 0.3 is 0 Å². The van der Waals surface area contributed by atoms with E-state index >= 15 is 0 Å². The van der Waals surface area contributed by atoms with Gasteiger partial charge in [-0.2, -0.15) is 0 Å². The predicted octanol–water partition coefficient (Wildman–Crippen LogP) is 6.54. The van der Waals surface area contributed by atoms with Crippen molar-refractivity contribution in [2.24, 2.45) is 5.73 Å². The van der Waals surface area contributed by atoms with Gasteiger partial charge in [-0.25, -0.2) is 0 Å². The third-order valence-electron chi connectivity index (χ3n) is 5.87. The van der Waals surface area contributed by atoms with E-state index in [0.29, 0.717) is 0 Å². The largest absolute Gasteiger partial charge is 0.368 e. The molecule has 0 aromatic heterocycles. The molecule has 1 heterocycles. The Labute approximate surface area is 188 Å². The van der Waals surface area contributed by atoms with Gasteiger partial charge in [0.1, 0.15) is 0 Å². The van der Waals surface area contributed by atoms with E-state index in [0.717, 1.165) is 12.2 Å². The van der Waals surface area contributed by atoms with Gasteiger partial charge < -0.3 is 5.73 Å². The molecule has 0 bridgehead atoms. The van der Waals surface area contributed by atoms with Gasteiger partial charge in [-0.15, -0.1) is 24.2 Å². The van der Waals surface area contributed by atoms with E-state index in [1.165, 1.54) is 82.6 Å².